The maximum Gasteiger partial charge on any atom is 0.242 e. The molecule has 0 spiro atoms. The van der Waals surface area contributed by atoms with Crippen molar-refractivity contribution in [1.29, 1.82) is 0 Å². The fourth-order valence-corrected chi connectivity index (χ4v) is 3.59. The van der Waals surface area contributed by atoms with Gasteiger partial charge in [-0.05, 0) is 32.6 Å². The van der Waals surface area contributed by atoms with Gasteiger partial charge in [0, 0.05) is 13.5 Å². The van der Waals surface area contributed by atoms with Gasteiger partial charge in [0.05, 0.1) is 0 Å². The summed E-state index contributed by atoms with van der Waals surface area (Å²) in [6, 6.07) is -1.28. The van der Waals surface area contributed by atoms with Gasteiger partial charge in [0.2, 0.25) is 17.7 Å². The van der Waals surface area contributed by atoms with Crippen molar-refractivity contribution < 1.29 is 14.4 Å². The first-order chi connectivity index (χ1) is 14.3. The molecule has 3 atom stereocenters. The van der Waals surface area contributed by atoms with Gasteiger partial charge < -0.3 is 16.0 Å². The van der Waals surface area contributed by atoms with Crippen molar-refractivity contribution in [3.05, 3.63) is 0 Å². The van der Waals surface area contributed by atoms with Crippen molar-refractivity contribution >= 4 is 17.7 Å². The first kappa shape index (κ1) is 28.4. The van der Waals surface area contributed by atoms with Crippen LogP contribution in [-0.2, 0) is 14.4 Å². The van der Waals surface area contributed by atoms with Crippen molar-refractivity contribution in [1.82, 2.24) is 16.0 Å². The van der Waals surface area contributed by atoms with Crippen LogP contribution in [0, 0.1) is 5.92 Å². The summed E-state index contributed by atoms with van der Waals surface area (Å²) < 4.78 is 0. The Labute approximate surface area is 184 Å². The average Bonchev–Trinajstić information content (AvgIpc) is 2.70. The number of rotatable bonds is 18. The highest BCUT2D eigenvalue weighted by molar-refractivity contribution is 5.91. The Kier molecular flexibility index (Phi) is 17.2. The Morgan fingerprint density at radius 2 is 1.13 bits per heavy atom. The number of amides is 3. The molecule has 0 saturated carbocycles. The second-order valence-electron chi connectivity index (χ2n) is 8.67. The van der Waals surface area contributed by atoms with Gasteiger partial charge in [0.25, 0.3) is 0 Å². The molecule has 0 radical (unpaired) electrons. The smallest absolute Gasteiger partial charge is 0.242 e. The van der Waals surface area contributed by atoms with Crippen molar-refractivity contribution in [2.45, 2.75) is 124 Å². The molecule has 0 heterocycles. The van der Waals surface area contributed by atoms with E-state index < -0.39 is 12.1 Å². The van der Waals surface area contributed by atoms with Crippen LogP contribution in [0.15, 0.2) is 0 Å². The predicted molar refractivity (Wildman–Crippen MR) is 124 cm³/mol. The van der Waals surface area contributed by atoms with Crippen LogP contribution in [-0.4, -0.2) is 36.3 Å². The van der Waals surface area contributed by atoms with E-state index in [0.29, 0.717) is 12.5 Å². The van der Waals surface area contributed by atoms with E-state index in [-0.39, 0.29) is 17.7 Å². The normalized spacial score (nSPS) is 13.9. The fourth-order valence-electron chi connectivity index (χ4n) is 3.59. The molecule has 0 aliphatic heterocycles. The highest BCUT2D eigenvalue weighted by atomic mass is 16.2. The number of carbonyl (C=O) groups excluding carboxylic acids is 3. The Morgan fingerprint density at radius 3 is 1.67 bits per heavy atom. The number of unbranched alkanes of at least 4 members (excludes halogenated alkanes) is 8. The molecule has 1 unspecified atom stereocenters. The van der Waals surface area contributed by atoms with E-state index >= 15 is 0 Å². The molecule has 0 aromatic carbocycles. The molecule has 3 amide bonds. The van der Waals surface area contributed by atoms with Crippen LogP contribution in [0.5, 0.6) is 0 Å². The van der Waals surface area contributed by atoms with Crippen LogP contribution < -0.4 is 16.0 Å². The molecule has 0 rings (SSSR count). The van der Waals surface area contributed by atoms with Gasteiger partial charge in [-0.25, -0.2) is 0 Å². The second-order valence-corrected chi connectivity index (χ2v) is 8.67. The molecule has 0 fully saturated rings. The SMILES string of the molecule is CCCCCCCCC(CCCCCC)CNC(=O)[C@H](C)NC(=O)[C@H](C)NC(C)=O. The van der Waals surface area contributed by atoms with Gasteiger partial charge in [-0.1, -0.05) is 78.1 Å². The lowest BCUT2D eigenvalue weighted by atomic mass is 9.94. The van der Waals surface area contributed by atoms with Gasteiger partial charge in [0.1, 0.15) is 12.1 Å². The van der Waals surface area contributed by atoms with Gasteiger partial charge in [0.15, 0.2) is 0 Å². The van der Waals surface area contributed by atoms with Gasteiger partial charge in [-0.15, -0.1) is 0 Å². The molecule has 0 saturated heterocycles. The lowest BCUT2D eigenvalue weighted by Crippen LogP contribution is -2.51. The van der Waals surface area contributed by atoms with E-state index in [2.05, 4.69) is 29.8 Å². The highest BCUT2D eigenvalue weighted by Crippen LogP contribution is 2.18. The molecule has 0 aromatic heterocycles. The molecular formula is C24H47N3O3. The third-order valence-electron chi connectivity index (χ3n) is 5.56. The van der Waals surface area contributed by atoms with Gasteiger partial charge in [-0.2, -0.15) is 0 Å². The van der Waals surface area contributed by atoms with Crippen LogP contribution in [0.2, 0.25) is 0 Å². The largest absolute Gasteiger partial charge is 0.354 e. The third kappa shape index (κ3) is 15.3. The molecule has 6 nitrogen and oxygen atoms in total. The predicted octanol–water partition coefficient (Wildman–Crippen LogP) is 4.47. The zero-order valence-corrected chi connectivity index (χ0v) is 20.1. The Balaban J connectivity index is 4.38. The number of nitrogens with one attached hydrogen (secondary N) is 3. The maximum absolute atomic E-state index is 12.4. The van der Waals surface area contributed by atoms with E-state index in [0.717, 1.165) is 12.8 Å². The van der Waals surface area contributed by atoms with Crippen LogP contribution >= 0.6 is 0 Å². The Morgan fingerprint density at radius 1 is 0.667 bits per heavy atom. The second kappa shape index (κ2) is 18.2. The van der Waals surface area contributed by atoms with Crippen molar-refractivity contribution in [2.24, 2.45) is 5.92 Å². The summed E-state index contributed by atoms with van der Waals surface area (Å²) >= 11 is 0. The van der Waals surface area contributed by atoms with Crippen LogP contribution in [0.1, 0.15) is 112 Å². The zero-order valence-electron chi connectivity index (χ0n) is 20.1. The van der Waals surface area contributed by atoms with E-state index in [1.54, 1.807) is 13.8 Å². The Hall–Kier alpha value is -1.59. The summed E-state index contributed by atoms with van der Waals surface area (Å²) in [5.74, 6) is -0.288. The first-order valence-corrected chi connectivity index (χ1v) is 12.2. The molecule has 0 aliphatic rings. The van der Waals surface area contributed by atoms with Crippen molar-refractivity contribution in [2.75, 3.05) is 6.54 Å². The fraction of sp³-hybridized carbons (Fsp3) is 0.875. The minimum atomic E-state index is -0.656. The first-order valence-electron chi connectivity index (χ1n) is 12.2. The number of hydrogen-bond donors (Lipinski definition) is 3. The van der Waals surface area contributed by atoms with Crippen molar-refractivity contribution in [3.63, 3.8) is 0 Å². The summed E-state index contributed by atoms with van der Waals surface area (Å²) in [4.78, 5) is 35.6. The van der Waals surface area contributed by atoms with E-state index in [1.807, 2.05) is 0 Å². The highest BCUT2D eigenvalue weighted by Gasteiger charge is 2.20. The molecule has 0 aromatic rings. The summed E-state index contributed by atoms with van der Waals surface area (Å²) in [6.07, 6.45) is 15.0. The van der Waals surface area contributed by atoms with Crippen molar-refractivity contribution in [3.8, 4) is 0 Å². The molecule has 3 N–H and O–H groups in total. The lowest BCUT2D eigenvalue weighted by molar-refractivity contribution is -0.131. The van der Waals surface area contributed by atoms with Gasteiger partial charge in [-0.3, -0.25) is 14.4 Å². The summed E-state index contributed by atoms with van der Waals surface area (Å²) in [5.41, 5.74) is 0. The summed E-state index contributed by atoms with van der Waals surface area (Å²) in [7, 11) is 0. The zero-order chi connectivity index (χ0) is 22.8. The minimum Gasteiger partial charge on any atom is -0.354 e. The van der Waals surface area contributed by atoms with E-state index in [1.165, 1.54) is 71.1 Å². The number of hydrogen-bond acceptors (Lipinski definition) is 3. The van der Waals surface area contributed by atoms with Crippen LogP contribution in [0.25, 0.3) is 0 Å². The Bertz CT molecular complexity index is 482. The minimum absolute atomic E-state index is 0.167. The standard InChI is InChI=1S/C24H47N3O3/c1-6-8-10-12-13-15-17-22(16-14-11-9-7-2)18-25-23(29)19(3)27-24(30)20(4)26-21(5)28/h19-20,22H,6-18H2,1-5H3,(H,25,29)(H,26,28)(H,27,30)/t19-,20-,22?/m0/s1. The topological polar surface area (TPSA) is 87.3 Å². The summed E-state index contributed by atoms with van der Waals surface area (Å²) in [5, 5.41) is 8.23. The maximum atomic E-state index is 12.4. The van der Waals surface area contributed by atoms with E-state index in [4.69, 9.17) is 0 Å². The van der Waals surface area contributed by atoms with Crippen LogP contribution in [0.3, 0.4) is 0 Å². The average molecular weight is 426 g/mol. The summed E-state index contributed by atoms with van der Waals surface area (Å²) in [6.45, 7) is 9.77. The van der Waals surface area contributed by atoms with E-state index in [9.17, 15) is 14.4 Å². The quantitative estimate of drug-likeness (QED) is 0.283. The molecule has 176 valence electrons. The monoisotopic (exact) mass is 425 g/mol. The molecule has 6 heteroatoms. The number of carbonyl (C=O) groups is 3. The van der Waals surface area contributed by atoms with Crippen LogP contribution in [0.4, 0.5) is 0 Å². The van der Waals surface area contributed by atoms with Gasteiger partial charge >= 0.3 is 0 Å². The molecular weight excluding hydrogens is 378 g/mol. The molecule has 30 heavy (non-hydrogen) atoms. The molecule has 0 bridgehead atoms. The lowest BCUT2D eigenvalue weighted by Gasteiger charge is -2.21. The third-order valence-corrected chi connectivity index (χ3v) is 5.56. The molecule has 0 aliphatic carbocycles.